The Kier molecular flexibility index (Phi) is 9.13. The van der Waals surface area contributed by atoms with Gasteiger partial charge in [0.15, 0.2) is 0 Å². The highest BCUT2D eigenvalue weighted by Gasteiger charge is 2.10. The Morgan fingerprint density at radius 1 is 1.80 bits per heavy atom. The van der Waals surface area contributed by atoms with Gasteiger partial charge in [-0.1, -0.05) is 0 Å². The van der Waals surface area contributed by atoms with Gasteiger partial charge < -0.3 is 10.5 Å². The Bertz CT molecular complexity index is 102. The third-order valence-electron chi connectivity index (χ3n) is 0.944. The minimum absolute atomic E-state index is 0. The standard InChI is InChI=1S/C5H11NO2S.ClH/c1-8-5(7)4(6)2-3-9;/h4,9H,2-3,6H2,1H3;1H. The zero-order chi connectivity index (χ0) is 7.28. The van der Waals surface area contributed by atoms with Crippen LogP contribution in [-0.4, -0.2) is 24.9 Å². The van der Waals surface area contributed by atoms with E-state index in [2.05, 4.69) is 17.4 Å². The molecule has 0 heterocycles. The molecule has 0 radical (unpaired) electrons. The van der Waals surface area contributed by atoms with Crippen LogP contribution in [0.4, 0.5) is 0 Å². The molecule has 62 valence electrons. The molecule has 0 aromatic rings. The second-order valence-corrected chi connectivity index (χ2v) is 2.09. The maximum absolute atomic E-state index is 10.5. The Labute approximate surface area is 72.1 Å². The van der Waals surface area contributed by atoms with Gasteiger partial charge in [-0.15, -0.1) is 12.4 Å². The molecule has 10 heavy (non-hydrogen) atoms. The van der Waals surface area contributed by atoms with E-state index in [1.165, 1.54) is 7.11 Å². The van der Waals surface area contributed by atoms with E-state index < -0.39 is 6.04 Å². The SMILES string of the molecule is COC(=O)C(N)CCS.Cl. The van der Waals surface area contributed by atoms with Gasteiger partial charge in [-0.05, 0) is 12.2 Å². The number of ether oxygens (including phenoxy) is 1. The van der Waals surface area contributed by atoms with Crippen molar-refractivity contribution < 1.29 is 9.53 Å². The quantitative estimate of drug-likeness (QED) is 0.489. The monoisotopic (exact) mass is 185 g/mol. The van der Waals surface area contributed by atoms with E-state index in [0.717, 1.165) is 0 Å². The van der Waals surface area contributed by atoms with Crippen molar-refractivity contribution in [2.24, 2.45) is 5.73 Å². The largest absolute Gasteiger partial charge is 0.468 e. The van der Waals surface area contributed by atoms with E-state index in [-0.39, 0.29) is 18.4 Å². The molecule has 0 aliphatic heterocycles. The number of nitrogens with two attached hydrogens (primary N) is 1. The highest BCUT2D eigenvalue weighted by atomic mass is 35.5. The fourth-order valence-corrected chi connectivity index (χ4v) is 0.686. The van der Waals surface area contributed by atoms with Gasteiger partial charge >= 0.3 is 5.97 Å². The minimum atomic E-state index is -0.507. The van der Waals surface area contributed by atoms with E-state index in [4.69, 9.17) is 5.73 Å². The molecule has 0 aromatic carbocycles. The third-order valence-corrected chi connectivity index (χ3v) is 1.20. The predicted octanol–water partition coefficient (Wildman–Crippen LogP) is 0.228. The Morgan fingerprint density at radius 2 is 2.30 bits per heavy atom. The molecule has 5 heteroatoms. The van der Waals surface area contributed by atoms with Crippen molar-refractivity contribution in [1.82, 2.24) is 0 Å². The molecule has 0 spiro atoms. The highest BCUT2D eigenvalue weighted by Crippen LogP contribution is 1.91. The van der Waals surface area contributed by atoms with E-state index >= 15 is 0 Å². The van der Waals surface area contributed by atoms with Gasteiger partial charge in [0.25, 0.3) is 0 Å². The van der Waals surface area contributed by atoms with Crippen LogP contribution in [0.2, 0.25) is 0 Å². The molecule has 1 atom stereocenters. The Hall–Kier alpha value is 0.0700. The number of methoxy groups -OCH3 is 1. The van der Waals surface area contributed by atoms with Crippen LogP contribution in [0.3, 0.4) is 0 Å². The molecular weight excluding hydrogens is 174 g/mol. The van der Waals surface area contributed by atoms with Gasteiger partial charge in [-0.2, -0.15) is 12.6 Å². The molecule has 0 rings (SSSR count). The van der Waals surface area contributed by atoms with Crippen molar-refractivity contribution in [3.63, 3.8) is 0 Å². The number of hydrogen-bond acceptors (Lipinski definition) is 4. The van der Waals surface area contributed by atoms with Gasteiger partial charge in [0.1, 0.15) is 6.04 Å². The van der Waals surface area contributed by atoms with Gasteiger partial charge in [0.05, 0.1) is 7.11 Å². The highest BCUT2D eigenvalue weighted by molar-refractivity contribution is 7.80. The van der Waals surface area contributed by atoms with Crippen LogP contribution >= 0.6 is 25.0 Å². The van der Waals surface area contributed by atoms with Crippen molar-refractivity contribution in [2.45, 2.75) is 12.5 Å². The number of thiol groups is 1. The summed E-state index contributed by atoms with van der Waals surface area (Å²) in [7, 11) is 1.32. The first-order valence-electron chi connectivity index (χ1n) is 2.66. The number of carbonyl (C=O) groups is 1. The number of carbonyl (C=O) groups excluding carboxylic acids is 1. The van der Waals surface area contributed by atoms with Crippen molar-refractivity contribution in [1.29, 1.82) is 0 Å². The number of rotatable bonds is 3. The van der Waals surface area contributed by atoms with Crippen molar-refractivity contribution in [3.8, 4) is 0 Å². The summed E-state index contributed by atoms with van der Waals surface area (Å²) in [6, 6.07) is -0.507. The lowest BCUT2D eigenvalue weighted by Gasteiger charge is -2.05. The zero-order valence-electron chi connectivity index (χ0n) is 5.74. The second-order valence-electron chi connectivity index (χ2n) is 1.64. The smallest absolute Gasteiger partial charge is 0.322 e. The lowest BCUT2D eigenvalue weighted by atomic mass is 10.2. The van der Waals surface area contributed by atoms with Gasteiger partial charge in [0, 0.05) is 0 Å². The maximum Gasteiger partial charge on any atom is 0.322 e. The zero-order valence-corrected chi connectivity index (χ0v) is 7.45. The molecule has 0 fully saturated rings. The number of hydrogen-bond donors (Lipinski definition) is 2. The molecule has 3 nitrogen and oxygen atoms in total. The number of esters is 1. The summed E-state index contributed by atoms with van der Waals surface area (Å²) >= 11 is 3.91. The first kappa shape index (κ1) is 12.7. The summed E-state index contributed by atoms with van der Waals surface area (Å²) in [5, 5.41) is 0. The topological polar surface area (TPSA) is 52.3 Å². The van der Waals surface area contributed by atoms with Gasteiger partial charge in [-0.3, -0.25) is 4.79 Å². The van der Waals surface area contributed by atoms with Crippen LogP contribution in [0.1, 0.15) is 6.42 Å². The molecule has 1 unspecified atom stereocenters. The van der Waals surface area contributed by atoms with E-state index in [9.17, 15) is 4.79 Å². The molecule has 0 aliphatic rings. The van der Waals surface area contributed by atoms with Crippen LogP contribution in [0, 0.1) is 0 Å². The van der Waals surface area contributed by atoms with E-state index in [1.54, 1.807) is 0 Å². The van der Waals surface area contributed by atoms with Crippen LogP contribution in [0.5, 0.6) is 0 Å². The Balaban J connectivity index is 0. The summed E-state index contributed by atoms with van der Waals surface area (Å²) in [6.45, 7) is 0. The summed E-state index contributed by atoms with van der Waals surface area (Å²) in [6.07, 6.45) is 0.565. The normalized spacial score (nSPS) is 11.5. The minimum Gasteiger partial charge on any atom is -0.468 e. The van der Waals surface area contributed by atoms with Crippen LogP contribution in [0.25, 0.3) is 0 Å². The molecule has 0 saturated heterocycles. The average Bonchev–Trinajstić information content (AvgIpc) is 1.87. The molecule has 0 aliphatic carbocycles. The van der Waals surface area contributed by atoms with Crippen LogP contribution in [0.15, 0.2) is 0 Å². The second kappa shape index (κ2) is 7.18. The van der Waals surface area contributed by atoms with Gasteiger partial charge in [-0.25, -0.2) is 0 Å². The predicted molar refractivity (Wildman–Crippen MR) is 45.7 cm³/mol. The molecule has 0 aromatic heterocycles. The van der Waals surface area contributed by atoms with Gasteiger partial charge in [0.2, 0.25) is 0 Å². The molecule has 2 N–H and O–H groups in total. The molecule has 0 saturated carbocycles. The van der Waals surface area contributed by atoms with Crippen LogP contribution in [-0.2, 0) is 9.53 Å². The molecular formula is C5H12ClNO2S. The molecule has 0 bridgehead atoms. The fourth-order valence-electron chi connectivity index (χ4n) is 0.408. The first-order chi connectivity index (χ1) is 4.22. The fraction of sp³-hybridized carbons (Fsp3) is 0.800. The summed E-state index contributed by atoms with van der Waals surface area (Å²) in [5.74, 6) is 0.236. The summed E-state index contributed by atoms with van der Waals surface area (Å²) in [5.41, 5.74) is 5.31. The third kappa shape index (κ3) is 4.90. The molecule has 0 amide bonds. The summed E-state index contributed by atoms with van der Waals surface area (Å²) in [4.78, 5) is 10.5. The van der Waals surface area contributed by atoms with Crippen molar-refractivity contribution >= 4 is 31.0 Å². The average molecular weight is 186 g/mol. The first-order valence-corrected chi connectivity index (χ1v) is 3.30. The van der Waals surface area contributed by atoms with Crippen molar-refractivity contribution in [2.75, 3.05) is 12.9 Å². The lowest BCUT2D eigenvalue weighted by Crippen LogP contribution is -2.31. The summed E-state index contributed by atoms with van der Waals surface area (Å²) < 4.78 is 4.37. The number of halogens is 1. The lowest BCUT2D eigenvalue weighted by molar-refractivity contribution is -0.142. The van der Waals surface area contributed by atoms with E-state index in [1.807, 2.05) is 0 Å². The maximum atomic E-state index is 10.5. The van der Waals surface area contributed by atoms with E-state index in [0.29, 0.717) is 12.2 Å². The Morgan fingerprint density at radius 3 is 2.60 bits per heavy atom. The van der Waals surface area contributed by atoms with Crippen LogP contribution < -0.4 is 5.73 Å². The van der Waals surface area contributed by atoms with Crippen molar-refractivity contribution in [3.05, 3.63) is 0 Å².